The van der Waals surface area contributed by atoms with Crippen molar-refractivity contribution in [3.05, 3.63) is 72.2 Å². The van der Waals surface area contributed by atoms with Gasteiger partial charge < -0.3 is 5.11 Å². The summed E-state index contributed by atoms with van der Waals surface area (Å²) in [7, 11) is 0. The molecule has 1 N–H and O–H groups in total. The fourth-order valence-corrected chi connectivity index (χ4v) is 4.58. The molecule has 27 heavy (non-hydrogen) atoms. The summed E-state index contributed by atoms with van der Waals surface area (Å²) in [5.74, 6) is -1.27. The van der Waals surface area contributed by atoms with Crippen LogP contribution in [-0.4, -0.2) is 16.1 Å². The van der Waals surface area contributed by atoms with Gasteiger partial charge in [0.25, 0.3) is 0 Å². The summed E-state index contributed by atoms with van der Waals surface area (Å²) in [6.45, 7) is 0. The maximum absolute atomic E-state index is 11.8. The monoisotopic (exact) mass is 479 g/mol. The lowest BCUT2D eigenvalue weighted by atomic mass is 10.0. The molecular weight excluding hydrogens is 475 g/mol. The van der Waals surface area contributed by atoms with Gasteiger partial charge in [0.15, 0.2) is 5.69 Å². The first-order valence-corrected chi connectivity index (χ1v) is 9.50. The predicted molar refractivity (Wildman–Crippen MR) is 112 cm³/mol. The summed E-state index contributed by atoms with van der Waals surface area (Å²) in [5.41, 5.74) is 0.918. The van der Waals surface area contributed by atoms with Crippen molar-refractivity contribution in [3.8, 4) is 22.4 Å². The van der Waals surface area contributed by atoms with Crippen LogP contribution < -0.4 is 0 Å². The number of nitrogens with zero attached hydrogens (tertiary/aromatic N) is 1. The van der Waals surface area contributed by atoms with E-state index < -0.39 is 5.97 Å². The van der Waals surface area contributed by atoms with Crippen molar-refractivity contribution in [1.29, 1.82) is 0 Å². The molecule has 0 amide bonds. The Bertz CT molecular complexity index is 1040. The summed E-state index contributed by atoms with van der Waals surface area (Å²) in [5, 5.41) is 11.2. The number of aromatic carboxylic acids is 1. The first-order chi connectivity index (χ1) is 12.7. The van der Waals surface area contributed by atoms with Crippen LogP contribution in [0.5, 0.6) is 0 Å². The molecule has 0 unspecified atom stereocenters. The Balaban J connectivity index is 2.26. The van der Waals surface area contributed by atoms with Crippen LogP contribution in [0.1, 0.15) is 10.5 Å². The highest BCUT2D eigenvalue weighted by Crippen LogP contribution is 2.41. The Labute approximate surface area is 184 Å². The Morgan fingerprint density at radius 3 is 1.63 bits per heavy atom. The standard InChI is InChI=1S/C18H7Cl6NO2/c19-7-3-10(21)15(11(22)4-7)9-1-2-14(25-17(9)18(26)27)16-12(23)5-8(20)6-13(16)24/h1-6H,(H,26,27). The third-order valence-corrected chi connectivity index (χ3v) is 5.27. The SMILES string of the molecule is O=C(O)c1nc(-c2c(Cl)cc(Cl)cc2Cl)ccc1-c1c(Cl)cc(Cl)cc1Cl. The van der Waals surface area contributed by atoms with E-state index in [0.717, 1.165) is 0 Å². The third-order valence-electron chi connectivity index (χ3n) is 3.64. The average Bonchev–Trinajstić information content (AvgIpc) is 2.53. The van der Waals surface area contributed by atoms with Gasteiger partial charge in [-0.05, 0) is 36.4 Å². The molecule has 9 heteroatoms. The highest BCUT2D eigenvalue weighted by atomic mass is 35.5. The van der Waals surface area contributed by atoms with Crippen LogP contribution >= 0.6 is 69.6 Å². The number of hydrogen-bond acceptors (Lipinski definition) is 2. The molecule has 138 valence electrons. The van der Waals surface area contributed by atoms with Crippen molar-refractivity contribution < 1.29 is 9.90 Å². The second-order valence-corrected chi connectivity index (χ2v) is 7.89. The molecule has 0 aliphatic heterocycles. The minimum absolute atomic E-state index is 0.201. The van der Waals surface area contributed by atoms with E-state index in [1.807, 2.05) is 0 Å². The third kappa shape index (κ3) is 4.14. The van der Waals surface area contributed by atoms with Gasteiger partial charge in [-0.25, -0.2) is 9.78 Å². The largest absolute Gasteiger partial charge is 0.476 e. The van der Waals surface area contributed by atoms with Gasteiger partial charge >= 0.3 is 5.97 Å². The smallest absolute Gasteiger partial charge is 0.355 e. The number of carbonyl (C=O) groups is 1. The van der Waals surface area contributed by atoms with Crippen LogP contribution in [0.15, 0.2) is 36.4 Å². The molecule has 1 heterocycles. The van der Waals surface area contributed by atoms with E-state index in [9.17, 15) is 9.90 Å². The number of hydrogen-bond donors (Lipinski definition) is 1. The second-order valence-electron chi connectivity index (χ2n) is 5.39. The molecule has 2 aromatic carbocycles. The molecule has 3 nitrogen and oxygen atoms in total. The first kappa shape index (κ1) is 20.5. The van der Waals surface area contributed by atoms with Gasteiger partial charge in [0.1, 0.15) is 0 Å². The van der Waals surface area contributed by atoms with Crippen LogP contribution in [0.3, 0.4) is 0 Å². The lowest BCUT2D eigenvalue weighted by Gasteiger charge is -2.13. The predicted octanol–water partition coefficient (Wildman–Crippen LogP) is 8.03. The number of rotatable bonds is 3. The van der Waals surface area contributed by atoms with Gasteiger partial charge in [-0.1, -0.05) is 69.6 Å². The van der Waals surface area contributed by atoms with Crippen molar-refractivity contribution in [2.24, 2.45) is 0 Å². The molecule has 0 saturated carbocycles. The summed E-state index contributed by atoms with van der Waals surface area (Å²) in [6, 6.07) is 9.03. The van der Waals surface area contributed by atoms with Crippen LogP contribution in [0.2, 0.25) is 30.1 Å². The lowest BCUT2D eigenvalue weighted by Crippen LogP contribution is -2.05. The number of halogens is 6. The fourth-order valence-electron chi connectivity index (χ4n) is 2.55. The van der Waals surface area contributed by atoms with E-state index in [4.69, 9.17) is 69.6 Å². The summed E-state index contributed by atoms with van der Waals surface area (Å²) in [4.78, 5) is 16.0. The Kier molecular flexibility index (Phi) is 6.11. The normalized spacial score (nSPS) is 10.9. The Morgan fingerprint density at radius 1 is 0.741 bits per heavy atom. The number of benzene rings is 2. The average molecular weight is 482 g/mol. The molecule has 1 aromatic heterocycles. The van der Waals surface area contributed by atoms with Crippen molar-refractivity contribution in [1.82, 2.24) is 4.98 Å². The Morgan fingerprint density at radius 2 is 1.19 bits per heavy atom. The maximum Gasteiger partial charge on any atom is 0.355 e. The molecule has 0 radical (unpaired) electrons. The van der Waals surface area contributed by atoms with Crippen molar-refractivity contribution in [2.45, 2.75) is 0 Å². The molecule has 0 atom stereocenters. The molecular formula is C18H7Cl6NO2. The van der Waals surface area contributed by atoms with Gasteiger partial charge in [-0.15, -0.1) is 0 Å². The van der Waals surface area contributed by atoms with Crippen LogP contribution in [0.4, 0.5) is 0 Å². The molecule has 0 aliphatic carbocycles. The van der Waals surface area contributed by atoms with Gasteiger partial charge in [0.05, 0.1) is 25.8 Å². The minimum Gasteiger partial charge on any atom is -0.476 e. The molecule has 0 saturated heterocycles. The van der Waals surface area contributed by atoms with E-state index >= 15 is 0 Å². The maximum atomic E-state index is 11.8. The van der Waals surface area contributed by atoms with Gasteiger partial charge in [0.2, 0.25) is 0 Å². The Hall–Kier alpha value is -1.20. The van der Waals surface area contributed by atoms with E-state index in [2.05, 4.69) is 4.98 Å². The fraction of sp³-hybridized carbons (Fsp3) is 0. The molecule has 3 rings (SSSR count). The molecule has 0 aliphatic rings. The van der Waals surface area contributed by atoms with Gasteiger partial charge in [-0.2, -0.15) is 0 Å². The minimum atomic E-state index is -1.27. The van der Waals surface area contributed by atoms with Crippen molar-refractivity contribution in [2.75, 3.05) is 0 Å². The number of pyridine rings is 1. The number of carboxylic acid groups (broad SMARTS) is 1. The molecule has 0 bridgehead atoms. The van der Waals surface area contributed by atoms with E-state index in [-0.39, 0.29) is 37.0 Å². The zero-order chi connectivity index (χ0) is 19.9. The van der Waals surface area contributed by atoms with Gasteiger partial charge in [0, 0.05) is 26.7 Å². The van der Waals surface area contributed by atoms with Crippen LogP contribution in [-0.2, 0) is 0 Å². The zero-order valence-electron chi connectivity index (χ0n) is 13.0. The summed E-state index contributed by atoms with van der Waals surface area (Å²) >= 11 is 36.7. The number of carboxylic acids is 1. The first-order valence-electron chi connectivity index (χ1n) is 7.23. The summed E-state index contributed by atoms with van der Waals surface area (Å²) in [6.07, 6.45) is 0. The topological polar surface area (TPSA) is 50.2 Å². The molecule has 0 spiro atoms. The van der Waals surface area contributed by atoms with E-state index in [1.54, 1.807) is 6.07 Å². The summed E-state index contributed by atoms with van der Waals surface area (Å²) < 4.78 is 0. The number of aromatic nitrogens is 1. The van der Waals surface area contributed by atoms with E-state index in [1.165, 1.54) is 30.3 Å². The van der Waals surface area contributed by atoms with Crippen LogP contribution in [0.25, 0.3) is 22.4 Å². The van der Waals surface area contributed by atoms with Crippen molar-refractivity contribution in [3.63, 3.8) is 0 Å². The second kappa shape index (κ2) is 8.04. The highest BCUT2D eigenvalue weighted by molar-refractivity contribution is 6.43. The molecule has 3 aromatic rings. The molecule has 0 fully saturated rings. The zero-order valence-corrected chi connectivity index (χ0v) is 17.6. The quantitative estimate of drug-likeness (QED) is 0.412. The lowest BCUT2D eigenvalue weighted by molar-refractivity contribution is 0.0691. The highest BCUT2D eigenvalue weighted by Gasteiger charge is 2.21. The van der Waals surface area contributed by atoms with Crippen LogP contribution in [0, 0.1) is 0 Å². The van der Waals surface area contributed by atoms with Gasteiger partial charge in [-0.3, -0.25) is 0 Å². The van der Waals surface area contributed by atoms with E-state index in [0.29, 0.717) is 21.2 Å². The van der Waals surface area contributed by atoms with Crippen molar-refractivity contribution >= 4 is 75.6 Å².